The molecule has 3 N–H and O–H groups in total. The molecule has 0 spiro atoms. The third kappa shape index (κ3) is 2.53. The highest BCUT2D eigenvalue weighted by Gasteiger charge is 2.42. The van der Waals surface area contributed by atoms with Gasteiger partial charge in [0.2, 0.25) is 5.91 Å². The van der Waals surface area contributed by atoms with Gasteiger partial charge >= 0.3 is 0 Å². The first-order valence-electron chi connectivity index (χ1n) is 7.05. The molecule has 3 rings (SSSR count). The van der Waals surface area contributed by atoms with Crippen molar-refractivity contribution in [2.45, 2.75) is 56.5 Å². The van der Waals surface area contributed by atoms with Gasteiger partial charge in [0.15, 0.2) is 0 Å². The van der Waals surface area contributed by atoms with E-state index in [0.29, 0.717) is 12.5 Å². The zero-order valence-corrected chi connectivity index (χ0v) is 10.6. The van der Waals surface area contributed by atoms with Crippen molar-refractivity contribution in [3.05, 3.63) is 0 Å². The minimum Gasteiger partial charge on any atom is -0.376 e. The van der Waals surface area contributed by atoms with E-state index < -0.39 is 0 Å². The molecule has 18 heavy (non-hydrogen) atoms. The van der Waals surface area contributed by atoms with E-state index in [1.807, 2.05) is 0 Å². The Balaban J connectivity index is 1.51. The number of hydrogen-bond acceptors (Lipinski definition) is 4. The molecule has 4 atom stereocenters. The van der Waals surface area contributed by atoms with Gasteiger partial charge in [0.1, 0.15) is 6.10 Å². The SMILES string of the molecule is NCC1CCC(C(=O)NC2CCOC2C2CC2)O1. The van der Waals surface area contributed by atoms with Crippen LogP contribution in [0.3, 0.4) is 0 Å². The van der Waals surface area contributed by atoms with E-state index in [1.54, 1.807) is 0 Å². The molecule has 0 bridgehead atoms. The molecular formula is C13H22N2O3. The summed E-state index contributed by atoms with van der Waals surface area (Å²) < 4.78 is 11.3. The molecule has 1 aliphatic carbocycles. The Hall–Kier alpha value is -0.650. The average Bonchev–Trinajstić information content (AvgIpc) is 2.93. The van der Waals surface area contributed by atoms with Crippen LogP contribution in [0, 0.1) is 5.92 Å². The van der Waals surface area contributed by atoms with Crippen molar-refractivity contribution in [2.24, 2.45) is 11.7 Å². The highest BCUT2D eigenvalue weighted by Crippen LogP contribution is 2.38. The van der Waals surface area contributed by atoms with E-state index in [2.05, 4.69) is 5.32 Å². The van der Waals surface area contributed by atoms with Gasteiger partial charge < -0.3 is 20.5 Å². The third-order valence-corrected chi connectivity index (χ3v) is 4.21. The third-order valence-electron chi connectivity index (χ3n) is 4.21. The lowest BCUT2D eigenvalue weighted by molar-refractivity contribution is -0.133. The van der Waals surface area contributed by atoms with Gasteiger partial charge in [0.25, 0.3) is 0 Å². The minimum absolute atomic E-state index is 0.0205. The lowest BCUT2D eigenvalue weighted by Gasteiger charge is -2.21. The summed E-state index contributed by atoms with van der Waals surface area (Å²) in [6, 6.07) is 0.186. The highest BCUT2D eigenvalue weighted by atomic mass is 16.5. The van der Waals surface area contributed by atoms with Gasteiger partial charge in [0, 0.05) is 13.2 Å². The maximum atomic E-state index is 12.1. The van der Waals surface area contributed by atoms with Crippen LogP contribution in [-0.2, 0) is 14.3 Å². The largest absolute Gasteiger partial charge is 0.376 e. The Morgan fingerprint density at radius 1 is 1.22 bits per heavy atom. The predicted octanol–water partition coefficient (Wildman–Crippen LogP) is 0.176. The van der Waals surface area contributed by atoms with Crippen LogP contribution in [0.5, 0.6) is 0 Å². The molecule has 2 saturated heterocycles. The molecule has 2 heterocycles. The minimum atomic E-state index is -0.306. The number of carbonyl (C=O) groups excluding carboxylic acids is 1. The first-order valence-corrected chi connectivity index (χ1v) is 7.05. The van der Waals surface area contributed by atoms with Gasteiger partial charge in [-0.1, -0.05) is 0 Å². The fraction of sp³-hybridized carbons (Fsp3) is 0.923. The molecule has 0 aromatic carbocycles. The van der Waals surface area contributed by atoms with Crippen molar-refractivity contribution < 1.29 is 14.3 Å². The molecule has 0 radical (unpaired) electrons. The summed E-state index contributed by atoms with van der Waals surface area (Å²) in [4.78, 5) is 12.1. The molecule has 1 amide bonds. The molecule has 0 aromatic rings. The molecule has 2 aliphatic heterocycles. The normalized spacial score (nSPS) is 40.1. The van der Waals surface area contributed by atoms with Crippen LogP contribution in [0.2, 0.25) is 0 Å². The Morgan fingerprint density at radius 2 is 2.06 bits per heavy atom. The van der Waals surface area contributed by atoms with Gasteiger partial charge in [-0.2, -0.15) is 0 Å². The van der Waals surface area contributed by atoms with Crippen LogP contribution < -0.4 is 11.1 Å². The van der Waals surface area contributed by atoms with Gasteiger partial charge in [-0.15, -0.1) is 0 Å². The molecule has 3 aliphatic rings. The molecule has 5 heteroatoms. The van der Waals surface area contributed by atoms with Crippen LogP contribution in [0.15, 0.2) is 0 Å². The number of nitrogens with two attached hydrogens (primary N) is 1. The number of rotatable bonds is 4. The number of ether oxygens (including phenoxy) is 2. The van der Waals surface area contributed by atoms with Crippen molar-refractivity contribution in [2.75, 3.05) is 13.2 Å². The van der Waals surface area contributed by atoms with Crippen molar-refractivity contribution in [3.63, 3.8) is 0 Å². The second kappa shape index (κ2) is 5.15. The first-order chi connectivity index (χ1) is 8.78. The summed E-state index contributed by atoms with van der Waals surface area (Å²) in [5.41, 5.74) is 5.55. The second-order valence-corrected chi connectivity index (χ2v) is 5.64. The fourth-order valence-corrected chi connectivity index (χ4v) is 3.00. The molecule has 4 unspecified atom stereocenters. The van der Waals surface area contributed by atoms with Gasteiger partial charge in [-0.25, -0.2) is 0 Å². The Kier molecular flexibility index (Phi) is 3.54. The predicted molar refractivity (Wildman–Crippen MR) is 66.0 cm³/mol. The average molecular weight is 254 g/mol. The Bertz CT molecular complexity index is 319. The Labute approximate surface area is 107 Å². The maximum absolute atomic E-state index is 12.1. The standard InChI is InChI=1S/C13H22N2O3/c14-7-9-3-4-11(18-9)13(16)15-10-5-6-17-12(10)8-1-2-8/h8-12H,1-7,14H2,(H,15,16). The number of nitrogens with one attached hydrogen (secondary N) is 1. The molecule has 102 valence electrons. The number of carbonyl (C=O) groups is 1. The number of amides is 1. The lowest BCUT2D eigenvalue weighted by atomic mass is 10.1. The molecule has 3 fully saturated rings. The zero-order valence-electron chi connectivity index (χ0n) is 10.6. The van der Waals surface area contributed by atoms with E-state index >= 15 is 0 Å². The van der Waals surface area contributed by atoms with E-state index in [0.717, 1.165) is 25.9 Å². The summed E-state index contributed by atoms with van der Waals surface area (Å²) in [5.74, 6) is 0.686. The molecule has 5 nitrogen and oxygen atoms in total. The quantitative estimate of drug-likeness (QED) is 0.750. The summed E-state index contributed by atoms with van der Waals surface area (Å²) in [6.07, 6.45) is 5.08. The van der Waals surface area contributed by atoms with Crippen LogP contribution >= 0.6 is 0 Å². The molecular weight excluding hydrogens is 232 g/mol. The van der Waals surface area contributed by atoms with Gasteiger partial charge in [0.05, 0.1) is 18.2 Å². The lowest BCUT2D eigenvalue weighted by Crippen LogP contribution is -2.46. The van der Waals surface area contributed by atoms with Crippen LogP contribution in [0.4, 0.5) is 0 Å². The highest BCUT2D eigenvalue weighted by molar-refractivity contribution is 5.81. The molecule has 1 saturated carbocycles. The molecule has 0 aromatic heterocycles. The van der Waals surface area contributed by atoms with Crippen LogP contribution in [0.25, 0.3) is 0 Å². The smallest absolute Gasteiger partial charge is 0.249 e. The maximum Gasteiger partial charge on any atom is 0.249 e. The van der Waals surface area contributed by atoms with Crippen molar-refractivity contribution in [1.29, 1.82) is 0 Å². The van der Waals surface area contributed by atoms with E-state index in [4.69, 9.17) is 15.2 Å². The van der Waals surface area contributed by atoms with Crippen molar-refractivity contribution in [1.82, 2.24) is 5.32 Å². The van der Waals surface area contributed by atoms with Crippen LogP contribution in [-0.4, -0.2) is 43.4 Å². The topological polar surface area (TPSA) is 73.6 Å². The summed E-state index contributed by atoms with van der Waals surface area (Å²) in [6.45, 7) is 1.27. The van der Waals surface area contributed by atoms with Crippen molar-refractivity contribution >= 4 is 5.91 Å². The van der Waals surface area contributed by atoms with E-state index in [1.165, 1.54) is 12.8 Å². The van der Waals surface area contributed by atoms with Gasteiger partial charge in [-0.3, -0.25) is 4.79 Å². The first kappa shape index (κ1) is 12.4. The van der Waals surface area contributed by atoms with Crippen LogP contribution in [0.1, 0.15) is 32.1 Å². The monoisotopic (exact) mass is 254 g/mol. The van der Waals surface area contributed by atoms with Gasteiger partial charge in [-0.05, 0) is 38.0 Å². The second-order valence-electron chi connectivity index (χ2n) is 5.64. The summed E-state index contributed by atoms with van der Waals surface area (Å²) >= 11 is 0. The van der Waals surface area contributed by atoms with Crippen molar-refractivity contribution in [3.8, 4) is 0 Å². The summed E-state index contributed by atoms with van der Waals surface area (Å²) in [7, 11) is 0. The van der Waals surface area contributed by atoms with E-state index in [9.17, 15) is 4.79 Å². The summed E-state index contributed by atoms with van der Waals surface area (Å²) in [5, 5.41) is 3.11. The van der Waals surface area contributed by atoms with E-state index in [-0.39, 0.29) is 30.3 Å². The number of hydrogen-bond donors (Lipinski definition) is 2. The fourth-order valence-electron chi connectivity index (χ4n) is 3.00. The zero-order chi connectivity index (χ0) is 12.5. The Morgan fingerprint density at radius 3 is 2.72 bits per heavy atom.